The van der Waals surface area contributed by atoms with Gasteiger partial charge in [-0.15, -0.1) is 5.10 Å². The van der Waals surface area contributed by atoms with Gasteiger partial charge in [0, 0.05) is 6.20 Å². The van der Waals surface area contributed by atoms with Crippen molar-refractivity contribution in [3.05, 3.63) is 12.4 Å². The zero-order valence-corrected chi connectivity index (χ0v) is 9.20. The third kappa shape index (κ3) is 2.83. The summed E-state index contributed by atoms with van der Waals surface area (Å²) in [6, 6.07) is 0. The molecule has 0 fully saturated rings. The predicted octanol–water partition coefficient (Wildman–Crippen LogP) is 2.45. The molecule has 0 bridgehead atoms. The highest BCUT2D eigenvalue weighted by molar-refractivity contribution is 4.83. The lowest BCUT2D eigenvalue weighted by molar-refractivity contribution is 0.195. The molecule has 1 heterocycles. The molecule has 0 aromatic carbocycles. The molecule has 0 saturated heterocycles. The predicted molar refractivity (Wildman–Crippen MR) is 53.4 cm³/mol. The molecular formula is C10H19N3. The zero-order chi connectivity index (χ0) is 10.1. The van der Waals surface area contributed by atoms with Gasteiger partial charge in [0.05, 0.1) is 11.7 Å². The van der Waals surface area contributed by atoms with E-state index in [-0.39, 0.29) is 5.54 Å². The van der Waals surface area contributed by atoms with Crippen LogP contribution in [-0.4, -0.2) is 15.0 Å². The smallest absolute Gasteiger partial charge is 0.0693 e. The topological polar surface area (TPSA) is 30.7 Å². The maximum Gasteiger partial charge on any atom is 0.0693 e. The summed E-state index contributed by atoms with van der Waals surface area (Å²) < 4.78 is 1.93. The molecule has 0 spiro atoms. The monoisotopic (exact) mass is 181 g/mol. The van der Waals surface area contributed by atoms with Gasteiger partial charge in [0.15, 0.2) is 0 Å². The summed E-state index contributed by atoms with van der Waals surface area (Å²) in [5, 5.41) is 7.87. The van der Waals surface area contributed by atoms with Crippen LogP contribution in [-0.2, 0) is 5.54 Å². The van der Waals surface area contributed by atoms with Gasteiger partial charge < -0.3 is 0 Å². The molecule has 0 N–H and O–H groups in total. The van der Waals surface area contributed by atoms with E-state index in [1.54, 1.807) is 6.20 Å². The molecule has 0 aliphatic heterocycles. The molecule has 1 aromatic heterocycles. The molecule has 0 aliphatic rings. The fraction of sp³-hybridized carbons (Fsp3) is 0.800. The summed E-state index contributed by atoms with van der Waals surface area (Å²) >= 11 is 0. The Kier molecular flexibility index (Phi) is 2.46. The third-order valence-electron chi connectivity index (χ3n) is 2.01. The Morgan fingerprint density at radius 1 is 1.15 bits per heavy atom. The highest BCUT2D eigenvalue weighted by atomic mass is 15.4. The second-order valence-corrected chi connectivity index (χ2v) is 5.40. The minimum atomic E-state index is 0.0503. The Morgan fingerprint density at radius 3 is 2.15 bits per heavy atom. The number of hydrogen-bond donors (Lipinski definition) is 0. The van der Waals surface area contributed by atoms with Crippen molar-refractivity contribution in [3.8, 4) is 0 Å². The van der Waals surface area contributed by atoms with Crippen LogP contribution >= 0.6 is 0 Å². The largest absolute Gasteiger partial charge is 0.247 e. The van der Waals surface area contributed by atoms with E-state index in [1.807, 2.05) is 10.9 Å². The van der Waals surface area contributed by atoms with Gasteiger partial charge >= 0.3 is 0 Å². The van der Waals surface area contributed by atoms with Crippen LogP contribution in [0, 0.1) is 5.41 Å². The lowest BCUT2D eigenvalue weighted by atomic mass is 9.82. The van der Waals surface area contributed by atoms with Crippen LogP contribution in [0.1, 0.15) is 41.0 Å². The van der Waals surface area contributed by atoms with E-state index < -0.39 is 0 Å². The summed E-state index contributed by atoms with van der Waals surface area (Å²) in [4.78, 5) is 0. The first-order valence-electron chi connectivity index (χ1n) is 4.68. The lowest BCUT2D eigenvalue weighted by Gasteiger charge is -2.32. The summed E-state index contributed by atoms with van der Waals surface area (Å²) in [6.45, 7) is 11.1. The molecule has 0 saturated carbocycles. The SMILES string of the molecule is CC(C)(C)CC(C)(C)n1ccnn1. The van der Waals surface area contributed by atoms with Crippen LogP contribution in [0.2, 0.25) is 0 Å². The first-order valence-corrected chi connectivity index (χ1v) is 4.68. The Hall–Kier alpha value is -0.860. The lowest BCUT2D eigenvalue weighted by Crippen LogP contribution is -2.31. The fourth-order valence-corrected chi connectivity index (χ4v) is 1.91. The van der Waals surface area contributed by atoms with Crippen LogP contribution in [0.3, 0.4) is 0 Å². The number of hydrogen-bond acceptors (Lipinski definition) is 2. The van der Waals surface area contributed by atoms with Crippen molar-refractivity contribution in [2.75, 3.05) is 0 Å². The summed E-state index contributed by atoms with van der Waals surface area (Å²) in [5.41, 5.74) is 0.365. The van der Waals surface area contributed by atoms with Crippen molar-refractivity contribution in [2.24, 2.45) is 5.41 Å². The number of nitrogens with zero attached hydrogens (tertiary/aromatic N) is 3. The van der Waals surface area contributed by atoms with E-state index in [9.17, 15) is 0 Å². The summed E-state index contributed by atoms with van der Waals surface area (Å²) in [6.07, 6.45) is 4.74. The molecule has 0 unspecified atom stereocenters. The average Bonchev–Trinajstić information content (AvgIpc) is 2.29. The molecule has 13 heavy (non-hydrogen) atoms. The van der Waals surface area contributed by atoms with E-state index in [2.05, 4.69) is 44.9 Å². The van der Waals surface area contributed by atoms with Gasteiger partial charge in [0.1, 0.15) is 0 Å². The van der Waals surface area contributed by atoms with Gasteiger partial charge in [-0.25, -0.2) is 4.68 Å². The van der Waals surface area contributed by atoms with Crippen molar-refractivity contribution >= 4 is 0 Å². The minimum absolute atomic E-state index is 0.0503. The van der Waals surface area contributed by atoms with Crippen molar-refractivity contribution < 1.29 is 0 Å². The van der Waals surface area contributed by atoms with E-state index in [4.69, 9.17) is 0 Å². The van der Waals surface area contributed by atoms with Crippen LogP contribution in [0.15, 0.2) is 12.4 Å². The Balaban J connectivity index is 2.78. The zero-order valence-electron chi connectivity index (χ0n) is 9.20. The van der Waals surface area contributed by atoms with E-state index in [0.717, 1.165) is 6.42 Å². The second kappa shape index (κ2) is 3.13. The standard InChI is InChI=1S/C10H19N3/c1-9(2,3)8-10(4,5)13-7-6-11-12-13/h6-7H,8H2,1-5H3. The third-order valence-corrected chi connectivity index (χ3v) is 2.01. The van der Waals surface area contributed by atoms with Gasteiger partial charge in [-0.3, -0.25) is 0 Å². The Labute approximate surface area is 80.1 Å². The second-order valence-electron chi connectivity index (χ2n) is 5.40. The quantitative estimate of drug-likeness (QED) is 0.701. The van der Waals surface area contributed by atoms with Crippen molar-refractivity contribution in [1.29, 1.82) is 0 Å². The maximum atomic E-state index is 4.04. The number of aromatic nitrogens is 3. The van der Waals surface area contributed by atoms with Crippen LogP contribution in [0.25, 0.3) is 0 Å². The molecule has 3 heteroatoms. The van der Waals surface area contributed by atoms with Gasteiger partial charge in [0.2, 0.25) is 0 Å². The van der Waals surface area contributed by atoms with E-state index in [0.29, 0.717) is 5.41 Å². The Morgan fingerprint density at radius 2 is 1.77 bits per heavy atom. The van der Waals surface area contributed by atoms with Crippen LogP contribution in [0.4, 0.5) is 0 Å². The highest BCUT2D eigenvalue weighted by Crippen LogP contribution is 2.31. The Bertz CT molecular complexity index is 254. The summed E-state index contributed by atoms with van der Waals surface area (Å²) in [5.74, 6) is 0. The molecule has 0 amide bonds. The van der Waals surface area contributed by atoms with Crippen molar-refractivity contribution in [3.63, 3.8) is 0 Å². The fourth-order valence-electron chi connectivity index (χ4n) is 1.91. The van der Waals surface area contributed by atoms with Gasteiger partial charge in [-0.05, 0) is 25.7 Å². The average molecular weight is 181 g/mol. The van der Waals surface area contributed by atoms with Gasteiger partial charge in [-0.2, -0.15) is 0 Å². The van der Waals surface area contributed by atoms with Gasteiger partial charge in [-0.1, -0.05) is 26.0 Å². The van der Waals surface area contributed by atoms with E-state index >= 15 is 0 Å². The van der Waals surface area contributed by atoms with Crippen molar-refractivity contribution in [1.82, 2.24) is 15.0 Å². The molecule has 0 aliphatic carbocycles. The molecule has 0 atom stereocenters. The molecule has 1 aromatic rings. The summed E-state index contributed by atoms with van der Waals surface area (Å²) in [7, 11) is 0. The highest BCUT2D eigenvalue weighted by Gasteiger charge is 2.27. The molecule has 74 valence electrons. The first-order chi connectivity index (χ1) is 5.81. The first kappa shape index (κ1) is 10.2. The molecule has 0 radical (unpaired) electrons. The normalized spacial score (nSPS) is 13.3. The maximum absolute atomic E-state index is 4.04. The number of rotatable bonds is 2. The van der Waals surface area contributed by atoms with Crippen LogP contribution in [0.5, 0.6) is 0 Å². The molecule has 1 rings (SSSR count). The minimum Gasteiger partial charge on any atom is -0.247 e. The van der Waals surface area contributed by atoms with Gasteiger partial charge in [0.25, 0.3) is 0 Å². The van der Waals surface area contributed by atoms with E-state index in [1.165, 1.54) is 0 Å². The van der Waals surface area contributed by atoms with Crippen molar-refractivity contribution in [2.45, 2.75) is 46.6 Å². The molecular weight excluding hydrogens is 162 g/mol. The van der Waals surface area contributed by atoms with Crippen LogP contribution < -0.4 is 0 Å². The molecule has 3 nitrogen and oxygen atoms in total.